The van der Waals surface area contributed by atoms with Gasteiger partial charge in [0.15, 0.2) is 0 Å². The van der Waals surface area contributed by atoms with Crippen LogP contribution >= 0.6 is 12.4 Å². The van der Waals surface area contributed by atoms with Gasteiger partial charge >= 0.3 is 0 Å². The van der Waals surface area contributed by atoms with Crippen LogP contribution in [0.15, 0.2) is 47.4 Å². The Morgan fingerprint density at radius 2 is 2.11 bits per heavy atom. The number of amides is 1. The average Bonchev–Trinajstić information content (AvgIpc) is 2.63. The fraction of sp³-hybridized carbons (Fsp3) is 0.294. The molecule has 0 saturated carbocycles. The molecule has 1 aromatic heterocycles. The maximum Gasteiger partial charge on any atom is 0.285 e. The van der Waals surface area contributed by atoms with E-state index in [-0.39, 0.29) is 36.6 Å². The maximum atomic E-state index is 13.5. The molecule has 1 atom stereocenters. The van der Waals surface area contributed by atoms with Crippen molar-refractivity contribution in [2.45, 2.75) is 12.6 Å². The summed E-state index contributed by atoms with van der Waals surface area (Å²) in [5.41, 5.74) is -0.113. The first-order valence-electron chi connectivity index (χ1n) is 8.06. The smallest absolute Gasteiger partial charge is 0.285 e. The predicted octanol–water partition coefficient (Wildman–Crippen LogP) is 1.49. The van der Waals surface area contributed by atoms with Crippen molar-refractivity contribution in [3.05, 3.63) is 74.4 Å². The third kappa shape index (κ3) is 4.69. The standard InChI is InChI=1S/C17H17FN4O4.ClH/c18-13-3-1-2-12(8-13)15-9-19-6-7-21(15)17(24)11-20-10-14(22(25)26)4-5-16(20)23;/h1-5,8,10,15,19H,6-7,9,11H2;1H. The van der Waals surface area contributed by atoms with E-state index in [2.05, 4.69) is 5.32 Å². The number of nitrogens with zero attached hydrogens (tertiary/aromatic N) is 3. The van der Waals surface area contributed by atoms with E-state index in [9.17, 15) is 24.1 Å². The number of nitro groups is 1. The Balaban J connectivity index is 0.00000261. The second kappa shape index (κ2) is 8.74. The molecule has 0 bridgehead atoms. The van der Waals surface area contributed by atoms with Crippen molar-refractivity contribution in [1.29, 1.82) is 0 Å². The molecule has 27 heavy (non-hydrogen) atoms. The van der Waals surface area contributed by atoms with E-state index >= 15 is 0 Å². The molecule has 1 fully saturated rings. The molecule has 1 aliphatic heterocycles. The summed E-state index contributed by atoms with van der Waals surface area (Å²) in [6.07, 6.45) is 1.06. The summed E-state index contributed by atoms with van der Waals surface area (Å²) in [5, 5.41) is 14.0. The highest BCUT2D eigenvalue weighted by Gasteiger charge is 2.28. The van der Waals surface area contributed by atoms with Crippen molar-refractivity contribution in [3.63, 3.8) is 0 Å². The number of carbonyl (C=O) groups is 1. The van der Waals surface area contributed by atoms with Gasteiger partial charge in [0.2, 0.25) is 5.91 Å². The number of benzene rings is 1. The van der Waals surface area contributed by atoms with E-state index < -0.39 is 16.3 Å². The molecule has 1 saturated heterocycles. The third-order valence-electron chi connectivity index (χ3n) is 4.28. The highest BCUT2D eigenvalue weighted by atomic mass is 35.5. The lowest BCUT2D eigenvalue weighted by molar-refractivity contribution is -0.385. The minimum atomic E-state index is -0.624. The van der Waals surface area contributed by atoms with Gasteiger partial charge in [-0.2, -0.15) is 0 Å². The normalized spacial score (nSPS) is 16.5. The van der Waals surface area contributed by atoms with Gasteiger partial charge in [-0.3, -0.25) is 24.3 Å². The molecular weight excluding hydrogens is 379 g/mol. The molecule has 2 aromatic rings. The average molecular weight is 397 g/mol. The van der Waals surface area contributed by atoms with Gasteiger partial charge < -0.3 is 10.2 Å². The monoisotopic (exact) mass is 396 g/mol. The minimum Gasteiger partial charge on any atom is -0.332 e. The van der Waals surface area contributed by atoms with Crippen LogP contribution < -0.4 is 10.9 Å². The summed E-state index contributed by atoms with van der Waals surface area (Å²) in [6, 6.07) is 7.80. The number of rotatable bonds is 4. The predicted molar refractivity (Wildman–Crippen MR) is 98.3 cm³/mol. The van der Waals surface area contributed by atoms with Gasteiger partial charge in [0.05, 0.1) is 17.2 Å². The zero-order valence-electron chi connectivity index (χ0n) is 14.2. The van der Waals surface area contributed by atoms with Gasteiger partial charge in [0, 0.05) is 31.8 Å². The number of hydrogen-bond acceptors (Lipinski definition) is 5. The van der Waals surface area contributed by atoms with Crippen LogP contribution in [0.25, 0.3) is 0 Å². The first-order chi connectivity index (χ1) is 12.5. The van der Waals surface area contributed by atoms with E-state index in [0.717, 1.165) is 22.9 Å². The largest absolute Gasteiger partial charge is 0.332 e. The summed E-state index contributed by atoms with van der Waals surface area (Å²) in [7, 11) is 0. The van der Waals surface area contributed by atoms with Crippen molar-refractivity contribution < 1.29 is 14.1 Å². The summed E-state index contributed by atoms with van der Waals surface area (Å²) < 4.78 is 14.6. The Morgan fingerprint density at radius 1 is 1.33 bits per heavy atom. The minimum absolute atomic E-state index is 0. The number of piperazine rings is 1. The Bertz CT molecular complexity index is 904. The third-order valence-corrected chi connectivity index (χ3v) is 4.28. The molecule has 1 amide bonds. The molecule has 0 aliphatic carbocycles. The first-order valence-corrected chi connectivity index (χ1v) is 8.06. The van der Waals surface area contributed by atoms with E-state index in [1.807, 2.05) is 0 Å². The van der Waals surface area contributed by atoms with Crippen LogP contribution in [0.4, 0.5) is 10.1 Å². The van der Waals surface area contributed by atoms with Crippen LogP contribution in [0.5, 0.6) is 0 Å². The van der Waals surface area contributed by atoms with E-state index in [0.29, 0.717) is 25.2 Å². The van der Waals surface area contributed by atoms with Gasteiger partial charge in [-0.05, 0) is 17.7 Å². The lowest BCUT2D eigenvalue weighted by atomic mass is 10.0. The molecule has 2 heterocycles. The number of hydrogen-bond donors (Lipinski definition) is 1. The van der Waals surface area contributed by atoms with Crippen LogP contribution in [0.1, 0.15) is 11.6 Å². The SMILES string of the molecule is Cl.O=C(Cn1cc([N+](=O)[O-])ccc1=O)N1CCNCC1c1cccc(F)c1. The summed E-state index contributed by atoms with van der Waals surface area (Å²) >= 11 is 0. The Hall–Kier alpha value is -2.78. The number of pyridine rings is 1. The molecule has 3 rings (SSSR count). The van der Waals surface area contributed by atoms with E-state index in [1.165, 1.54) is 12.1 Å². The zero-order valence-corrected chi connectivity index (χ0v) is 15.0. The van der Waals surface area contributed by atoms with Gasteiger partial charge in [-0.25, -0.2) is 4.39 Å². The van der Waals surface area contributed by atoms with Crippen LogP contribution in [0.3, 0.4) is 0 Å². The summed E-state index contributed by atoms with van der Waals surface area (Å²) in [4.78, 5) is 36.5. The van der Waals surface area contributed by atoms with Crippen molar-refractivity contribution in [2.75, 3.05) is 19.6 Å². The molecule has 1 aliphatic rings. The van der Waals surface area contributed by atoms with Gasteiger partial charge in [0.1, 0.15) is 12.4 Å². The van der Waals surface area contributed by atoms with E-state index in [1.54, 1.807) is 17.0 Å². The Kier molecular flexibility index (Phi) is 6.65. The fourth-order valence-electron chi connectivity index (χ4n) is 3.00. The van der Waals surface area contributed by atoms with Gasteiger partial charge in [-0.15, -0.1) is 12.4 Å². The molecule has 1 aromatic carbocycles. The van der Waals surface area contributed by atoms with Crippen LogP contribution in [0, 0.1) is 15.9 Å². The Labute approximate surface area is 160 Å². The van der Waals surface area contributed by atoms with Gasteiger partial charge in [0.25, 0.3) is 11.2 Å². The molecule has 144 valence electrons. The number of aromatic nitrogens is 1. The fourth-order valence-corrected chi connectivity index (χ4v) is 3.00. The second-order valence-electron chi connectivity index (χ2n) is 5.97. The molecule has 8 nitrogen and oxygen atoms in total. The van der Waals surface area contributed by atoms with E-state index in [4.69, 9.17) is 0 Å². The highest BCUT2D eigenvalue weighted by Crippen LogP contribution is 2.23. The molecule has 0 radical (unpaired) electrons. The number of carbonyl (C=O) groups excluding carboxylic acids is 1. The maximum absolute atomic E-state index is 13.5. The second-order valence-corrected chi connectivity index (χ2v) is 5.97. The van der Waals surface area contributed by atoms with Crippen molar-refractivity contribution in [2.24, 2.45) is 0 Å². The number of halogens is 2. The summed E-state index contributed by atoms with van der Waals surface area (Å²) in [6.45, 7) is 1.11. The topological polar surface area (TPSA) is 97.5 Å². The molecule has 10 heteroatoms. The van der Waals surface area contributed by atoms with Crippen molar-refractivity contribution in [1.82, 2.24) is 14.8 Å². The van der Waals surface area contributed by atoms with Crippen LogP contribution in [-0.4, -0.2) is 39.9 Å². The quantitative estimate of drug-likeness (QED) is 0.623. The molecule has 0 spiro atoms. The van der Waals surface area contributed by atoms with Crippen LogP contribution in [-0.2, 0) is 11.3 Å². The van der Waals surface area contributed by atoms with Crippen LogP contribution in [0.2, 0.25) is 0 Å². The first kappa shape index (κ1) is 20.5. The summed E-state index contributed by atoms with van der Waals surface area (Å²) in [5.74, 6) is -0.751. The van der Waals surface area contributed by atoms with Crippen molar-refractivity contribution >= 4 is 24.0 Å². The molecular formula is C17H18ClFN4O4. The van der Waals surface area contributed by atoms with Crippen molar-refractivity contribution in [3.8, 4) is 0 Å². The lowest BCUT2D eigenvalue weighted by Gasteiger charge is -2.36. The molecule has 1 unspecified atom stereocenters. The Morgan fingerprint density at radius 3 is 2.81 bits per heavy atom. The lowest BCUT2D eigenvalue weighted by Crippen LogP contribution is -2.50. The highest BCUT2D eigenvalue weighted by molar-refractivity contribution is 5.85. The zero-order chi connectivity index (χ0) is 18.7. The van der Waals surface area contributed by atoms with Gasteiger partial charge in [-0.1, -0.05) is 12.1 Å². The number of nitrogens with one attached hydrogen (secondary N) is 1. The molecule has 1 N–H and O–H groups in total.